The topological polar surface area (TPSA) is 115 Å². The summed E-state index contributed by atoms with van der Waals surface area (Å²) < 4.78 is 5.53. The van der Waals surface area contributed by atoms with Gasteiger partial charge in [0.25, 0.3) is 11.6 Å². The van der Waals surface area contributed by atoms with E-state index in [2.05, 4.69) is 16.9 Å². The molecular weight excluding hydrogens is 444 g/mol. The maximum atomic E-state index is 12.5. The van der Waals surface area contributed by atoms with Crippen molar-refractivity contribution in [2.24, 2.45) is 0 Å². The minimum atomic E-state index is -0.505. The van der Waals surface area contributed by atoms with Crippen LogP contribution in [0.1, 0.15) is 10.4 Å². The summed E-state index contributed by atoms with van der Waals surface area (Å²) in [5.41, 5.74) is 2.31. The van der Waals surface area contributed by atoms with Crippen LogP contribution in [0.15, 0.2) is 55.1 Å². The van der Waals surface area contributed by atoms with E-state index in [-0.39, 0.29) is 24.6 Å². The minimum absolute atomic E-state index is 0.0222. The number of aromatic nitrogens is 1. The summed E-state index contributed by atoms with van der Waals surface area (Å²) >= 11 is 1.30. The molecule has 168 valence electrons. The molecule has 2 heterocycles. The van der Waals surface area contributed by atoms with Gasteiger partial charge in [-0.05, 0) is 25.1 Å². The Morgan fingerprint density at radius 1 is 1.36 bits per heavy atom. The van der Waals surface area contributed by atoms with Gasteiger partial charge in [0.2, 0.25) is 5.91 Å². The summed E-state index contributed by atoms with van der Waals surface area (Å²) in [4.78, 5) is 42.5. The summed E-state index contributed by atoms with van der Waals surface area (Å²) in [5.74, 6) is 0.0507. The third kappa shape index (κ3) is 4.60. The normalized spacial score (nSPS) is 12.6. The van der Waals surface area contributed by atoms with E-state index in [1.807, 2.05) is 19.1 Å². The molecule has 0 fully saturated rings. The third-order valence-corrected chi connectivity index (χ3v) is 5.96. The molecule has 0 saturated carbocycles. The van der Waals surface area contributed by atoms with Crippen molar-refractivity contribution in [2.45, 2.75) is 13.3 Å². The Morgan fingerprint density at radius 3 is 2.91 bits per heavy atom. The summed E-state index contributed by atoms with van der Waals surface area (Å²) in [6.07, 6.45) is 1.51. The van der Waals surface area contributed by atoms with Gasteiger partial charge in [0.05, 0.1) is 22.7 Å². The molecule has 0 radical (unpaired) electrons. The fraction of sp³-hybridized carbons (Fsp3) is 0.174. The number of anilines is 2. The van der Waals surface area contributed by atoms with Crippen molar-refractivity contribution >= 4 is 39.7 Å². The zero-order valence-electron chi connectivity index (χ0n) is 17.7. The Bertz CT molecular complexity index is 1270. The zero-order chi connectivity index (χ0) is 23.5. The molecule has 0 aliphatic carbocycles. The number of nitrogens with one attached hydrogen (secondary N) is 1. The lowest BCUT2D eigenvalue weighted by Gasteiger charge is -2.28. The molecule has 4 rings (SSSR count). The molecule has 0 bridgehead atoms. The number of carbonyl (C=O) groups excluding carboxylic acids is 2. The van der Waals surface area contributed by atoms with Crippen LogP contribution in [0.4, 0.5) is 16.5 Å². The van der Waals surface area contributed by atoms with Crippen molar-refractivity contribution in [3.05, 3.63) is 75.7 Å². The average Bonchev–Trinajstić information content (AvgIpc) is 3.15. The number of nitrogens with zero attached hydrogens (tertiary/aromatic N) is 3. The van der Waals surface area contributed by atoms with E-state index >= 15 is 0 Å². The highest BCUT2D eigenvalue weighted by Gasteiger charge is 2.26. The molecule has 2 aromatic carbocycles. The Kier molecular flexibility index (Phi) is 6.18. The largest absolute Gasteiger partial charge is 0.482 e. The number of hydrogen-bond donors (Lipinski definition) is 1. The maximum Gasteiger partial charge on any atom is 0.273 e. The van der Waals surface area contributed by atoms with Crippen LogP contribution in [0.5, 0.6) is 5.75 Å². The number of hydrogen-bond acceptors (Lipinski definition) is 7. The predicted molar refractivity (Wildman–Crippen MR) is 126 cm³/mol. The van der Waals surface area contributed by atoms with E-state index in [0.717, 1.165) is 10.4 Å². The maximum absolute atomic E-state index is 12.5. The van der Waals surface area contributed by atoms with Crippen LogP contribution >= 0.6 is 11.3 Å². The van der Waals surface area contributed by atoms with Gasteiger partial charge in [-0.25, -0.2) is 4.98 Å². The number of thiazole rings is 1. The molecule has 0 spiro atoms. The predicted octanol–water partition coefficient (Wildman–Crippen LogP) is 4.12. The zero-order valence-corrected chi connectivity index (χ0v) is 18.6. The highest BCUT2D eigenvalue weighted by atomic mass is 32.1. The van der Waals surface area contributed by atoms with Gasteiger partial charge in [-0.3, -0.25) is 19.7 Å². The third-order valence-electron chi connectivity index (χ3n) is 5.07. The van der Waals surface area contributed by atoms with Crippen molar-refractivity contribution in [3.8, 4) is 17.0 Å². The van der Waals surface area contributed by atoms with Gasteiger partial charge in [0, 0.05) is 28.6 Å². The fourth-order valence-electron chi connectivity index (χ4n) is 3.57. The monoisotopic (exact) mass is 464 g/mol. The van der Waals surface area contributed by atoms with Gasteiger partial charge in [0.1, 0.15) is 5.75 Å². The Balaban J connectivity index is 1.56. The van der Waals surface area contributed by atoms with Gasteiger partial charge in [-0.1, -0.05) is 24.3 Å². The summed E-state index contributed by atoms with van der Waals surface area (Å²) in [5, 5.41) is 14.3. The fourth-order valence-corrected chi connectivity index (χ4v) is 4.42. The van der Waals surface area contributed by atoms with Crippen molar-refractivity contribution in [3.63, 3.8) is 0 Å². The van der Waals surface area contributed by atoms with Gasteiger partial charge in [-0.15, -0.1) is 17.9 Å². The molecule has 1 aliphatic heterocycles. The molecule has 2 amide bonds. The first-order chi connectivity index (χ1) is 15.9. The number of nitro benzene ring substituents is 1. The van der Waals surface area contributed by atoms with E-state index < -0.39 is 10.8 Å². The van der Waals surface area contributed by atoms with Gasteiger partial charge < -0.3 is 15.0 Å². The van der Waals surface area contributed by atoms with E-state index in [4.69, 9.17) is 4.74 Å². The van der Waals surface area contributed by atoms with Crippen molar-refractivity contribution < 1.29 is 19.2 Å². The number of nitro groups is 1. The number of ether oxygens (including phenoxy) is 1. The molecule has 1 aromatic heterocycles. The first-order valence-electron chi connectivity index (χ1n) is 10.1. The van der Waals surface area contributed by atoms with Gasteiger partial charge in [0.15, 0.2) is 11.7 Å². The average molecular weight is 465 g/mol. The van der Waals surface area contributed by atoms with Crippen LogP contribution in [-0.4, -0.2) is 34.9 Å². The standard InChI is InChI=1S/C23H20N4O5S/c1-3-10-26-18-11-16(8-9-19(18)32-13-21(26)29)22-14(2)33-23(25-22)24-20(28)12-15-6-4-5-7-17(15)27(30)31/h3-9,11H,1,10,12-13H2,2H3,(H,24,25,28). The lowest BCUT2D eigenvalue weighted by molar-refractivity contribution is -0.385. The van der Waals surface area contributed by atoms with Gasteiger partial charge in [-0.2, -0.15) is 0 Å². The number of para-hydroxylation sites is 1. The number of benzene rings is 2. The number of aryl methyl sites for hydroxylation is 1. The lowest BCUT2D eigenvalue weighted by atomic mass is 10.1. The summed E-state index contributed by atoms with van der Waals surface area (Å²) in [6, 6.07) is 11.6. The van der Waals surface area contributed by atoms with Crippen LogP contribution in [-0.2, 0) is 16.0 Å². The highest BCUT2D eigenvalue weighted by molar-refractivity contribution is 7.16. The first-order valence-corrected chi connectivity index (χ1v) is 10.9. The van der Waals surface area contributed by atoms with Crippen LogP contribution < -0.4 is 15.0 Å². The van der Waals surface area contributed by atoms with Crippen molar-refractivity contribution in [2.75, 3.05) is 23.4 Å². The van der Waals surface area contributed by atoms with Crippen LogP contribution in [0.25, 0.3) is 11.3 Å². The molecule has 33 heavy (non-hydrogen) atoms. The van der Waals surface area contributed by atoms with E-state index in [1.54, 1.807) is 35.2 Å². The Hall–Kier alpha value is -4.05. The molecule has 1 aliphatic rings. The van der Waals surface area contributed by atoms with Crippen LogP contribution in [0.3, 0.4) is 0 Å². The van der Waals surface area contributed by atoms with E-state index in [0.29, 0.717) is 34.4 Å². The van der Waals surface area contributed by atoms with Crippen molar-refractivity contribution in [1.82, 2.24) is 4.98 Å². The molecule has 0 atom stereocenters. The molecule has 9 nitrogen and oxygen atoms in total. The van der Waals surface area contributed by atoms with Gasteiger partial charge >= 0.3 is 0 Å². The smallest absolute Gasteiger partial charge is 0.273 e. The molecule has 0 saturated heterocycles. The Labute approximate surface area is 193 Å². The SMILES string of the molecule is C=CCN1C(=O)COc2ccc(-c3nc(NC(=O)Cc4ccccc4[N+](=O)[O-])sc3C)cc21. The number of amides is 2. The van der Waals surface area contributed by atoms with E-state index in [1.165, 1.54) is 17.4 Å². The molecule has 1 N–H and O–H groups in total. The lowest BCUT2D eigenvalue weighted by Crippen LogP contribution is -2.38. The summed E-state index contributed by atoms with van der Waals surface area (Å²) in [7, 11) is 0. The van der Waals surface area contributed by atoms with Crippen LogP contribution in [0.2, 0.25) is 0 Å². The van der Waals surface area contributed by atoms with Crippen molar-refractivity contribution in [1.29, 1.82) is 0 Å². The molecule has 0 unspecified atom stereocenters. The second kappa shape index (κ2) is 9.21. The number of fused-ring (bicyclic) bond motifs is 1. The second-order valence-electron chi connectivity index (χ2n) is 7.30. The number of carbonyl (C=O) groups is 2. The molecule has 3 aromatic rings. The first kappa shape index (κ1) is 22.2. The molecular formula is C23H20N4O5S. The summed E-state index contributed by atoms with van der Waals surface area (Å²) in [6.45, 7) is 5.93. The number of rotatable bonds is 7. The van der Waals surface area contributed by atoms with Crippen LogP contribution in [0, 0.1) is 17.0 Å². The highest BCUT2D eigenvalue weighted by Crippen LogP contribution is 2.38. The Morgan fingerprint density at radius 2 is 2.15 bits per heavy atom. The minimum Gasteiger partial charge on any atom is -0.482 e. The van der Waals surface area contributed by atoms with E-state index in [9.17, 15) is 19.7 Å². The molecule has 10 heteroatoms. The second-order valence-corrected chi connectivity index (χ2v) is 8.50. The quantitative estimate of drug-likeness (QED) is 0.320.